The summed E-state index contributed by atoms with van der Waals surface area (Å²) < 4.78 is 6.87. The van der Waals surface area contributed by atoms with Crippen molar-refractivity contribution in [3.8, 4) is 11.3 Å². The zero-order chi connectivity index (χ0) is 19.9. The number of hydrogen-bond donors (Lipinski definition) is 0. The minimum absolute atomic E-state index is 0.157. The highest BCUT2D eigenvalue weighted by Crippen LogP contribution is 2.65. The number of hydrazone groups is 1. The van der Waals surface area contributed by atoms with Crippen molar-refractivity contribution in [1.82, 2.24) is 5.01 Å². The summed E-state index contributed by atoms with van der Waals surface area (Å²) in [4.78, 5) is 25.9. The molecule has 5 aliphatic rings. The standard InChI is InChI=1S/C23H19BrN2O3/c1-11-2-3-12(8-18(11)24)19-7-4-13(29-19)10-25-26-22(27)20-14-5-6-15(17-9-16(14)17)21(20)23(26)28/h2-8,10,14-17,20-21H,9H2,1H3/b25-10-/t14-,15-,16-,17-,20-,21+/m0/s1. The second-order valence-electron chi connectivity index (χ2n) is 8.55. The van der Waals surface area contributed by atoms with Gasteiger partial charge in [0.1, 0.15) is 11.5 Å². The van der Waals surface area contributed by atoms with Gasteiger partial charge in [-0.15, -0.1) is 0 Å². The van der Waals surface area contributed by atoms with Crippen molar-refractivity contribution in [3.05, 3.63) is 58.3 Å². The predicted molar refractivity (Wildman–Crippen MR) is 111 cm³/mol. The van der Waals surface area contributed by atoms with Crippen molar-refractivity contribution < 1.29 is 14.0 Å². The van der Waals surface area contributed by atoms with E-state index >= 15 is 0 Å². The number of nitrogens with zero attached hydrogens (tertiary/aromatic N) is 2. The molecule has 5 nitrogen and oxygen atoms in total. The maximum Gasteiger partial charge on any atom is 0.254 e. The van der Waals surface area contributed by atoms with Crippen LogP contribution in [-0.2, 0) is 9.59 Å². The molecule has 2 saturated carbocycles. The number of imide groups is 1. The highest BCUT2D eigenvalue weighted by Gasteiger charge is 2.67. The highest BCUT2D eigenvalue weighted by atomic mass is 79.9. The van der Waals surface area contributed by atoms with E-state index < -0.39 is 0 Å². The van der Waals surface area contributed by atoms with Crippen molar-refractivity contribution in [2.24, 2.45) is 40.6 Å². The van der Waals surface area contributed by atoms with Gasteiger partial charge in [0, 0.05) is 10.0 Å². The van der Waals surface area contributed by atoms with E-state index in [4.69, 9.17) is 4.42 Å². The molecule has 2 amide bonds. The molecular weight excluding hydrogens is 432 g/mol. The Morgan fingerprint density at radius 2 is 1.76 bits per heavy atom. The molecule has 0 spiro atoms. The van der Waals surface area contributed by atoms with Gasteiger partial charge in [-0.3, -0.25) is 9.59 Å². The maximum absolute atomic E-state index is 12.9. The van der Waals surface area contributed by atoms with E-state index in [0.29, 0.717) is 23.4 Å². The smallest absolute Gasteiger partial charge is 0.254 e. The highest BCUT2D eigenvalue weighted by molar-refractivity contribution is 9.10. The lowest BCUT2D eigenvalue weighted by molar-refractivity contribution is -0.140. The third kappa shape index (κ3) is 2.48. The lowest BCUT2D eigenvalue weighted by Crippen LogP contribution is -2.40. The van der Waals surface area contributed by atoms with Crippen LogP contribution in [0.15, 0.2) is 56.5 Å². The van der Waals surface area contributed by atoms with Crippen LogP contribution in [0.5, 0.6) is 0 Å². The number of rotatable bonds is 3. The summed E-state index contributed by atoms with van der Waals surface area (Å²) in [5.74, 6) is 2.06. The van der Waals surface area contributed by atoms with Crippen LogP contribution in [0.4, 0.5) is 0 Å². The average Bonchev–Trinajstić information content (AvgIpc) is 3.36. The fourth-order valence-electron chi connectivity index (χ4n) is 5.49. The van der Waals surface area contributed by atoms with Crippen LogP contribution < -0.4 is 0 Å². The number of benzene rings is 1. The van der Waals surface area contributed by atoms with Gasteiger partial charge in [0.05, 0.1) is 18.1 Å². The Kier molecular flexibility index (Phi) is 3.61. The topological polar surface area (TPSA) is 62.9 Å². The summed E-state index contributed by atoms with van der Waals surface area (Å²) in [5.41, 5.74) is 2.10. The lowest BCUT2D eigenvalue weighted by atomic mass is 9.63. The molecule has 6 atom stereocenters. The molecule has 146 valence electrons. The molecule has 3 fully saturated rings. The monoisotopic (exact) mass is 450 g/mol. The van der Waals surface area contributed by atoms with Crippen LogP contribution in [0.3, 0.4) is 0 Å². The van der Waals surface area contributed by atoms with Crippen LogP contribution in [0, 0.1) is 42.4 Å². The molecular formula is C23H19BrN2O3. The van der Waals surface area contributed by atoms with Crippen molar-refractivity contribution >= 4 is 34.0 Å². The van der Waals surface area contributed by atoms with Crippen LogP contribution in [0.2, 0.25) is 0 Å². The van der Waals surface area contributed by atoms with E-state index in [9.17, 15) is 9.59 Å². The van der Waals surface area contributed by atoms with Gasteiger partial charge in [-0.05, 0) is 60.8 Å². The van der Waals surface area contributed by atoms with Gasteiger partial charge in [-0.25, -0.2) is 0 Å². The van der Waals surface area contributed by atoms with E-state index in [-0.39, 0.29) is 35.5 Å². The third-order valence-corrected chi connectivity index (χ3v) is 7.88. The largest absolute Gasteiger partial charge is 0.455 e. The number of aryl methyl sites for hydroxylation is 1. The molecule has 1 aromatic heterocycles. The number of allylic oxidation sites excluding steroid dienone is 2. The predicted octanol–water partition coefficient (Wildman–Crippen LogP) is 4.40. The van der Waals surface area contributed by atoms with Crippen molar-refractivity contribution in [2.75, 3.05) is 0 Å². The maximum atomic E-state index is 12.9. The van der Waals surface area contributed by atoms with Crippen LogP contribution >= 0.6 is 15.9 Å². The van der Waals surface area contributed by atoms with Gasteiger partial charge in [-0.2, -0.15) is 10.1 Å². The second-order valence-corrected chi connectivity index (χ2v) is 9.41. The first kappa shape index (κ1) is 17.4. The Hall–Kier alpha value is -2.47. The minimum Gasteiger partial charge on any atom is -0.455 e. The zero-order valence-corrected chi connectivity index (χ0v) is 17.4. The Bertz CT molecular complexity index is 1080. The number of halogens is 1. The number of carbonyl (C=O) groups excluding carboxylic acids is 2. The van der Waals surface area contributed by atoms with Crippen molar-refractivity contribution in [1.29, 1.82) is 0 Å². The first-order chi connectivity index (χ1) is 14.0. The van der Waals surface area contributed by atoms with Crippen LogP contribution in [0.25, 0.3) is 11.3 Å². The quantitative estimate of drug-likeness (QED) is 0.395. The third-order valence-electron chi connectivity index (χ3n) is 7.02. The molecule has 0 N–H and O–H groups in total. The van der Waals surface area contributed by atoms with E-state index in [1.165, 1.54) is 6.21 Å². The number of furan rings is 1. The van der Waals surface area contributed by atoms with Gasteiger partial charge in [0.2, 0.25) is 0 Å². The van der Waals surface area contributed by atoms with E-state index in [0.717, 1.165) is 27.0 Å². The molecule has 29 heavy (non-hydrogen) atoms. The number of carbonyl (C=O) groups is 2. The second kappa shape index (κ2) is 6.02. The summed E-state index contributed by atoms with van der Waals surface area (Å²) in [6.45, 7) is 2.03. The molecule has 2 bridgehead atoms. The fraction of sp³-hybridized carbons (Fsp3) is 0.348. The van der Waals surface area contributed by atoms with E-state index in [2.05, 4.69) is 33.2 Å². The van der Waals surface area contributed by atoms with Gasteiger partial charge < -0.3 is 4.42 Å². The molecule has 0 radical (unpaired) electrons. The molecule has 1 aliphatic heterocycles. The van der Waals surface area contributed by atoms with Gasteiger partial charge in [0.25, 0.3) is 11.8 Å². The molecule has 2 heterocycles. The van der Waals surface area contributed by atoms with Crippen molar-refractivity contribution in [3.63, 3.8) is 0 Å². The Morgan fingerprint density at radius 1 is 1.07 bits per heavy atom. The summed E-state index contributed by atoms with van der Waals surface area (Å²) in [6, 6.07) is 9.67. The van der Waals surface area contributed by atoms with Gasteiger partial charge >= 0.3 is 0 Å². The number of amides is 2. The van der Waals surface area contributed by atoms with Crippen LogP contribution in [0.1, 0.15) is 17.7 Å². The average molecular weight is 451 g/mol. The first-order valence-corrected chi connectivity index (χ1v) is 10.8. The molecule has 1 saturated heterocycles. The summed E-state index contributed by atoms with van der Waals surface area (Å²) in [6.07, 6.45) is 6.95. The van der Waals surface area contributed by atoms with E-state index in [1.54, 1.807) is 6.07 Å². The van der Waals surface area contributed by atoms with Gasteiger partial charge in [0.15, 0.2) is 0 Å². The van der Waals surface area contributed by atoms with Crippen LogP contribution in [-0.4, -0.2) is 23.0 Å². The molecule has 0 unspecified atom stereocenters. The molecule has 6 heteroatoms. The molecule has 2 aromatic rings. The Morgan fingerprint density at radius 3 is 2.41 bits per heavy atom. The first-order valence-electron chi connectivity index (χ1n) is 9.99. The Labute approximate surface area is 176 Å². The minimum atomic E-state index is -0.226. The lowest BCUT2D eigenvalue weighted by Gasteiger charge is -2.37. The molecule has 7 rings (SSSR count). The fourth-order valence-corrected chi connectivity index (χ4v) is 5.87. The zero-order valence-electron chi connectivity index (χ0n) is 15.8. The van der Waals surface area contributed by atoms with Crippen molar-refractivity contribution in [2.45, 2.75) is 13.3 Å². The molecule has 1 aromatic carbocycles. The summed E-state index contributed by atoms with van der Waals surface area (Å²) in [5, 5.41) is 5.31. The SMILES string of the molecule is Cc1ccc(-c2ccc(/C=N\N3C(=O)[C@@H]4[C@H]5C=C[C@@H]([C@@H]6C[C@@H]56)[C@@H]4C3=O)o2)cc1Br. The normalized spacial score (nSPS) is 34.2. The van der Waals surface area contributed by atoms with Gasteiger partial charge in [-0.1, -0.05) is 40.2 Å². The summed E-state index contributed by atoms with van der Waals surface area (Å²) >= 11 is 3.54. The Balaban J connectivity index is 1.24. The summed E-state index contributed by atoms with van der Waals surface area (Å²) in [7, 11) is 0. The number of hydrogen-bond acceptors (Lipinski definition) is 4. The van der Waals surface area contributed by atoms with E-state index in [1.807, 2.05) is 31.2 Å². The molecule has 4 aliphatic carbocycles.